The molecule has 1 aromatic heterocycles. The summed E-state index contributed by atoms with van der Waals surface area (Å²) in [6.07, 6.45) is 1.66. The highest BCUT2D eigenvalue weighted by Crippen LogP contribution is 2.29. The van der Waals surface area contributed by atoms with Gasteiger partial charge in [0.15, 0.2) is 6.61 Å². The van der Waals surface area contributed by atoms with Crippen molar-refractivity contribution in [2.75, 3.05) is 17.2 Å². The highest BCUT2D eigenvalue weighted by Gasteiger charge is 2.27. The van der Waals surface area contributed by atoms with Gasteiger partial charge >= 0.3 is 0 Å². The van der Waals surface area contributed by atoms with Gasteiger partial charge in [-0.1, -0.05) is 35.3 Å². The van der Waals surface area contributed by atoms with Crippen LogP contribution in [0.5, 0.6) is 5.75 Å². The van der Waals surface area contributed by atoms with Gasteiger partial charge in [-0.15, -0.1) is 0 Å². The van der Waals surface area contributed by atoms with Crippen molar-refractivity contribution in [3.05, 3.63) is 64.4 Å². The van der Waals surface area contributed by atoms with Crippen LogP contribution < -0.4 is 15.4 Å². The molecule has 0 saturated carbocycles. The number of benzene rings is 2. The fraction of sp³-hybridized carbons (Fsp3) is 0.158. The molecule has 0 saturated heterocycles. The Kier molecular flexibility index (Phi) is 5.37. The lowest BCUT2D eigenvalue weighted by atomic mass is 10.0. The van der Waals surface area contributed by atoms with Crippen molar-refractivity contribution in [1.29, 1.82) is 0 Å². The fourth-order valence-corrected chi connectivity index (χ4v) is 3.43. The average molecular weight is 432 g/mol. The standard InChI is InChI=1S/C19H15Cl2N5O3/c20-12-3-6-15(14(21)7-12)24-18(28)9-29-13-4-1-11(2-5-13)16-8-17(27)25-19-22-10-23-26(16)19/h1-7,10,16H,8-9H2,(H,24,28)(H,22,23,25,27)/t16-/m0/s1. The van der Waals surface area contributed by atoms with Crippen LogP contribution in [0.1, 0.15) is 18.0 Å². The summed E-state index contributed by atoms with van der Waals surface area (Å²) in [5.74, 6) is 0.470. The molecule has 4 rings (SSSR count). The van der Waals surface area contributed by atoms with E-state index in [1.165, 1.54) is 6.33 Å². The normalized spacial score (nSPS) is 15.4. The molecule has 10 heteroatoms. The number of carbonyl (C=O) groups is 2. The number of hydrogen-bond acceptors (Lipinski definition) is 5. The van der Waals surface area contributed by atoms with Gasteiger partial charge < -0.3 is 10.1 Å². The molecule has 29 heavy (non-hydrogen) atoms. The first-order valence-electron chi connectivity index (χ1n) is 8.66. The fourth-order valence-electron chi connectivity index (χ4n) is 2.98. The molecule has 1 atom stereocenters. The predicted molar refractivity (Wildman–Crippen MR) is 108 cm³/mol. The maximum Gasteiger partial charge on any atom is 0.262 e. The van der Waals surface area contributed by atoms with Crippen molar-refractivity contribution in [2.24, 2.45) is 0 Å². The molecule has 0 bridgehead atoms. The number of carbonyl (C=O) groups excluding carboxylic acids is 2. The van der Waals surface area contributed by atoms with Gasteiger partial charge in [-0.25, -0.2) is 4.68 Å². The highest BCUT2D eigenvalue weighted by atomic mass is 35.5. The van der Waals surface area contributed by atoms with E-state index < -0.39 is 0 Å². The largest absolute Gasteiger partial charge is 0.484 e. The van der Waals surface area contributed by atoms with Crippen LogP contribution in [0, 0.1) is 0 Å². The highest BCUT2D eigenvalue weighted by molar-refractivity contribution is 6.36. The summed E-state index contributed by atoms with van der Waals surface area (Å²) < 4.78 is 7.19. The maximum atomic E-state index is 12.1. The number of nitrogens with zero attached hydrogens (tertiary/aromatic N) is 3. The van der Waals surface area contributed by atoms with E-state index in [-0.39, 0.29) is 30.9 Å². The molecular formula is C19H15Cl2N5O3. The molecule has 148 valence electrons. The van der Waals surface area contributed by atoms with Gasteiger partial charge in [0.2, 0.25) is 11.9 Å². The monoisotopic (exact) mass is 431 g/mol. The summed E-state index contributed by atoms with van der Waals surface area (Å²) in [5.41, 5.74) is 1.34. The third kappa shape index (κ3) is 4.33. The Balaban J connectivity index is 1.38. The Morgan fingerprint density at radius 2 is 2.03 bits per heavy atom. The number of rotatable bonds is 5. The zero-order valence-corrected chi connectivity index (χ0v) is 16.4. The first-order chi connectivity index (χ1) is 14.0. The van der Waals surface area contributed by atoms with Gasteiger partial charge in [0.1, 0.15) is 12.1 Å². The van der Waals surface area contributed by atoms with E-state index in [1.807, 2.05) is 12.1 Å². The van der Waals surface area contributed by atoms with Crippen molar-refractivity contribution in [3.8, 4) is 5.75 Å². The zero-order valence-electron chi connectivity index (χ0n) is 14.9. The number of ether oxygens (including phenoxy) is 1. The van der Waals surface area contributed by atoms with Gasteiger partial charge in [0.05, 0.1) is 23.2 Å². The van der Waals surface area contributed by atoms with E-state index >= 15 is 0 Å². The first kappa shape index (κ1) is 19.2. The molecular weight excluding hydrogens is 417 g/mol. The number of aromatic nitrogens is 3. The molecule has 8 nitrogen and oxygen atoms in total. The minimum atomic E-state index is -0.352. The lowest BCUT2D eigenvalue weighted by molar-refractivity contribution is -0.118. The molecule has 3 aromatic rings. The lowest BCUT2D eigenvalue weighted by Crippen LogP contribution is -2.29. The Morgan fingerprint density at radius 3 is 2.79 bits per heavy atom. The van der Waals surface area contributed by atoms with Crippen molar-refractivity contribution in [3.63, 3.8) is 0 Å². The SMILES string of the molecule is O=C(COc1ccc([C@@H]2CC(=O)Nc3ncnn32)cc1)Nc1ccc(Cl)cc1Cl. The van der Waals surface area contributed by atoms with Crippen LogP contribution in [0.4, 0.5) is 11.6 Å². The third-order valence-electron chi connectivity index (χ3n) is 4.34. The molecule has 2 heterocycles. The number of fused-ring (bicyclic) bond motifs is 1. The van der Waals surface area contributed by atoms with Gasteiger partial charge in [-0.3, -0.25) is 14.9 Å². The van der Waals surface area contributed by atoms with Crippen LogP contribution in [-0.2, 0) is 9.59 Å². The maximum absolute atomic E-state index is 12.1. The van der Waals surface area contributed by atoms with Gasteiger partial charge in [-0.2, -0.15) is 10.1 Å². The van der Waals surface area contributed by atoms with Crippen molar-refractivity contribution in [1.82, 2.24) is 14.8 Å². The zero-order chi connectivity index (χ0) is 20.4. The van der Waals surface area contributed by atoms with E-state index in [0.717, 1.165) is 5.56 Å². The Bertz CT molecular complexity index is 1070. The molecule has 0 aliphatic carbocycles. The van der Waals surface area contributed by atoms with E-state index in [0.29, 0.717) is 27.4 Å². The van der Waals surface area contributed by atoms with Crippen molar-refractivity contribution < 1.29 is 14.3 Å². The van der Waals surface area contributed by atoms with Gasteiger partial charge in [0, 0.05) is 5.02 Å². The number of hydrogen-bond donors (Lipinski definition) is 2. The summed E-state index contributed by atoms with van der Waals surface area (Å²) in [7, 11) is 0. The number of nitrogens with one attached hydrogen (secondary N) is 2. The molecule has 2 N–H and O–H groups in total. The second-order valence-electron chi connectivity index (χ2n) is 6.33. The topological polar surface area (TPSA) is 98.1 Å². The quantitative estimate of drug-likeness (QED) is 0.643. The minimum Gasteiger partial charge on any atom is -0.484 e. The lowest BCUT2D eigenvalue weighted by Gasteiger charge is -2.23. The van der Waals surface area contributed by atoms with Crippen LogP contribution in [-0.4, -0.2) is 33.2 Å². The average Bonchev–Trinajstić information content (AvgIpc) is 3.17. The van der Waals surface area contributed by atoms with Crippen LogP contribution >= 0.6 is 23.2 Å². The molecule has 0 fully saturated rings. The van der Waals surface area contributed by atoms with Crippen molar-refractivity contribution >= 4 is 46.7 Å². The molecule has 1 aliphatic rings. The van der Waals surface area contributed by atoms with Crippen LogP contribution in [0.2, 0.25) is 10.0 Å². The molecule has 2 aromatic carbocycles. The molecule has 0 spiro atoms. The summed E-state index contributed by atoms with van der Waals surface area (Å²) in [4.78, 5) is 28.0. The van der Waals surface area contributed by atoms with E-state index in [9.17, 15) is 9.59 Å². The summed E-state index contributed by atoms with van der Waals surface area (Å²) in [6, 6.07) is 11.7. The smallest absolute Gasteiger partial charge is 0.262 e. The number of anilines is 2. The summed E-state index contributed by atoms with van der Waals surface area (Å²) in [5, 5.41) is 10.3. The van der Waals surface area contributed by atoms with Crippen LogP contribution in [0.25, 0.3) is 0 Å². The Labute approximate surface area is 175 Å². The van der Waals surface area contributed by atoms with E-state index in [1.54, 1.807) is 35.0 Å². The predicted octanol–water partition coefficient (Wildman–Crippen LogP) is 3.53. The minimum absolute atomic E-state index is 0.117. The van der Waals surface area contributed by atoms with E-state index in [4.69, 9.17) is 27.9 Å². The summed E-state index contributed by atoms with van der Waals surface area (Å²) in [6.45, 7) is -0.183. The first-order valence-corrected chi connectivity index (χ1v) is 9.42. The third-order valence-corrected chi connectivity index (χ3v) is 4.89. The van der Waals surface area contributed by atoms with Gasteiger partial charge in [-0.05, 0) is 35.9 Å². The molecule has 2 amide bonds. The number of amides is 2. The second-order valence-corrected chi connectivity index (χ2v) is 7.17. The van der Waals surface area contributed by atoms with Crippen molar-refractivity contribution in [2.45, 2.75) is 12.5 Å². The molecule has 1 aliphatic heterocycles. The van der Waals surface area contributed by atoms with Crippen LogP contribution in [0.3, 0.4) is 0 Å². The van der Waals surface area contributed by atoms with E-state index in [2.05, 4.69) is 20.7 Å². The Hall–Kier alpha value is -3.10. The molecule has 0 radical (unpaired) electrons. The second kappa shape index (κ2) is 8.10. The molecule has 0 unspecified atom stereocenters. The van der Waals surface area contributed by atoms with Gasteiger partial charge in [0.25, 0.3) is 5.91 Å². The number of halogens is 2. The Morgan fingerprint density at radius 1 is 1.24 bits per heavy atom. The van der Waals surface area contributed by atoms with Crippen LogP contribution in [0.15, 0.2) is 48.8 Å². The summed E-state index contributed by atoms with van der Waals surface area (Å²) >= 11 is 11.9.